The zero-order valence-electron chi connectivity index (χ0n) is 18.2. The number of piperazine rings is 1. The summed E-state index contributed by atoms with van der Waals surface area (Å²) >= 11 is 6.24. The Labute approximate surface area is 191 Å². The summed E-state index contributed by atoms with van der Waals surface area (Å²) in [4.78, 5) is 29.2. The lowest BCUT2D eigenvalue weighted by Crippen LogP contribution is -2.50. The van der Waals surface area contributed by atoms with Gasteiger partial charge in [-0.05, 0) is 31.5 Å². The second-order valence-electron chi connectivity index (χ2n) is 7.91. The molecule has 0 radical (unpaired) electrons. The highest BCUT2D eigenvalue weighted by Gasteiger charge is 2.25. The van der Waals surface area contributed by atoms with E-state index in [4.69, 9.17) is 16.0 Å². The molecule has 3 aromatic rings. The first kappa shape index (κ1) is 22.1. The molecule has 2 aromatic heterocycles. The molecule has 0 bridgehead atoms. The molecule has 32 heavy (non-hydrogen) atoms. The van der Waals surface area contributed by atoms with Gasteiger partial charge in [0, 0.05) is 37.3 Å². The van der Waals surface area contributed by atoms with Crippen molar-refractivity contribution in [2.45, 2.75) is 20.4 Å². The van der Waals surface area contributed by atoms with Gasteiger partial charge in [0.1, 0.15) is 17.3 Å². The second-order valence-corrected chi connectivity index (χ2v) is 8.32. The molecule has 1 aromatic carbocycles. The monoisotopic (exact) mass is 455 g/mol. The van der Waals surface area contributed by atoms with Gasteiger partial charge in [0.2, 0.25) is 5.91 Å². The predicted molar refractivity (Wildman–Crippen MR) is 122 cm³/mol. The minimum atomic E-state index is -0.119. The van der Waals surface area contributed by atoms with Gasteiger partial charge < -0.3 is 14.6 Å². The highest BCUT2D eigenvalue weighted by Crippen LogP contribution is 2.19. The fourth-order valence-corrected chi connectivity index (χ4v) is 4.06. The Balaban J connectivity index is 1.29. The Hall–Kier alpha value is -3.10. The van der Waals surface area contributed by atoms with E-state index in [1.165, 1.54) is 0 Å². The third-order valence-corrected chi connectivity index (χ3v) is 5.93. The van der Waals surface area contributed by atoms with E-state index in [-0.39, 0.29) is 18.4 Å². The van der Waals surface area contributed by atoms with Crippen LogP contribution in [0, 0.1) is 13.8 Å². The van der Waals surface area contributed by atoms with E-state index < -0.39 is 0 Å². The molecular formula is C23H26ClN5O3. The zero-order chi connectivity index (χ0) is 22.7. The van der Waals surface area contributed by atoms with Gasteiger partial charge in [0.25, 0.3) is 5.91 Å². The molecule has 8 nitrogen and oxygen atoms in total. The molecule has 0 saturated carbocycles. The summed E-state index contributed by atoms with van der Waals surface area (Å²) in [5.41, 5.74) is 1.54. The molecule has 0 spiro atoms. The Morgan fingerprint density at radius 2 is 1.88 bits per heavy atom. The Kier molecular flexibility index (Phi) is 6.62. The van der Waals surface area contributed by atoms with Crippen molar-refractivity contribution in [1.82, 2.24) is 19.6 Å². The van der Waals surface area contributed by atoms with Gasteiger partial charge in [-0.2, -0.15) is 5.10 Å². The van der Waals surface area contributed by atoms with Crippen LogP contribution in [-0.2, 0) is 11.3 Å². The lowest BCUT2D eigenvalue weighted by molar-refractivity contribution is -0.117. The van der Waals surface area contributed by atoms with Crippen molar-refractivity contribution >= 4 is 29.2 Å². The summed E-state index contributed by atoms with van der Waals surface area (Å²) in [6.07, 6.45) is 1.65. The molecule has 1 saturated heterocycles. The molecule has 3 heterocycles. The van der Waals surface area contributed by atoms with Crippen molar-refractivity contribution in [2.75, 3.05) is 38.0 Å². The number of rotatable bonds is 6. The van der Waals surface area contributed by atoms with E-state index in [1.807, 2.05) is 41.0 Å². The number of amides is 2. The molecule has 9 heteroatoms. The van der Waals surface area contributed by atoms with E-state index in [0.29, 0.717) is 54.9 Å². The van der Waals surface area contributed by atoms with Gasteiger partial charge in [-0.3, -0.25) is 14.5 Å². The van der Waals surface area contributed by atoms with Gasteiger partial charge in [0.15, 0.2) is 0 Å². The van der Waals surface area contributed by atoms with Crippen molar-refractivity contribution in [3.63, 3.8) is 0 Å². The fourth-order valence-electron chi connectivity index (χ4n) is 3.86. The summed E-state index contributed by atoms with van der Waals surface area (Å²) in [7, 11) is 0. The average molecular weight is 456 g/mol. The number of carbonyl (C=O) groups is 2. The molecule has 0 unspecified atom stereocenters. The summed E-state index contributed by atoms with van der Waals surface area (Å²) in [5, 5.41) is 7.89. The van der Waals surface area contributed by atoms with E-state index in [2.05, 4.69) is 10.4 Å². The average Bonchev–Trinajstić information content (AvgIpc) is 3.34. The smallest absolute Gasteiger partial charge is 0.257 e. The number of carbonyl (C=O) groups excluding carboxylic acids is 2. The molecule has 1 fully saturated rings. The molecule has 168 valence electrons. The largest absolute Gasteiger partial charge is 0.466 e. The van der Waals surface area contributed by atoms with Crippen LogP contribution in [0.15, 0.2) is 47.0 Å². The maximum absolute atomic E-state index is 12.7. The molecule has 0 aliphatic carbocycles. The molecule has 1 aliphatic rings. The maximum atomic E-state index is 12.7. The minimum Gasteiger partial charge on any atom is -0.466 e. The first-order chi connectivity index (χ1) is 15.4. The van der Waals surface area contributed by atoms with Crippen LogP contribution < -0.4 is 5.32 Å². The van der Waals surface area contributed by atoms with Crippen molar-refractivity contribution < 1.29 is 14.0 Å². The van der Waals surface area contributed by atoms with Crippen molar-refractivity contribution in [3.05, 3.63) is 70.3 Å². The van der Waals surface area contributed by atoms with Crippen LogP contribution in [0.2, 0.25) is 5.02 Å². The van der Waals surface area contributed by atoms with E-state index in [1.54, 1.807) is 29.9 Å². The summed E-state index contributed by atoms with van der Waals surface area (Å²) < 4.78 is 7.19. The lowest BCUT2D eigenvalue weighted by atomic mass is 10.2. The SMILES string of the molecule is Cc1cc(C(=O)N2CCN(CC(=O)Nc3ccnn3Cc3ccccc3Cl)CC2)c(C)o1. The maximum Gasteiger partial charge on any atom is 0.257 e. The van der Waals surface area contributed by atoms with E-state index >= 15 is 0 Å². The first-order valence-electron chi connectivity index (χ1n) is 10.5. The molecular weight excluding hydrogens is 430 g/mol. The van der Waals surface area contributed by atoms with Gasteiger partial charge in [-0.25, -0.2) is 4.68 Å². The number of hydrogen-bond donors (Lipinski definition) is 1. The van der Waals surface area contributed by atoms with E-state index in [0.717, 1.165) is 11.3 Å². The molecule has 0 atom stereocenters. The van der Waals surface area contributed by atoms with Crippen LogP contribution in [0.3, 0.4) is 0 Å². The number of aryl methyl sites for hydroxylation is 2. The minimum absolute atomic E-state index is 0.0214. The van der Waals surface area contributed by atoms with Crippen LogP contribution in [-0.4, -0.2) is 64.1 Å². The first-order valence-corrected chi connectivity index (χ1v) is 10.9. The molecule has 4 rings (SSSR count). The van der Waals surface area contributed by atoms with Crippen LogP contribution in [0.1, 0.15) is 27.4 Å². The second kappa shape index (κ2) is 9.58. The normalized spacial score (nSPS) is 14.5. The molecule has 1 N–H and O–H groups in total. The van der Waals surface area contributed by atoms with Crippen molar-refractivity contribution in [2.24, 2.45) is 0 Å². The van der Waals surface area contributed by atoms with Crippen molar-refractivity contribution in [1.29, 1.82) is 0 Å². The highest BCUT2D eigenvalue weighted by atomic mass is 35.5. The number of benzene rings is 1. The summed E-state index contributed by atoms with van der Waals surface area (Å²) in [6, 6.07) is 11.1. The lowest BCUT2D eigenvalue weighted by Gasteiger charge is -2.34. The quantitative estimate of drug-likeness (QED) is 0.617. The van der Waals surface area contributed by atoms with Gasteiger partial charge in [0.05, 0.1) is 24.8 Å². The summed E-state index contributed by atoms with van der Waals surface area (Å²) in [5.74, 6) is 1.85. The number of furan rings is 1. The predicted octanol–water partition coefficient (Wildman–Crippen LogP) is 3.19. The number of hydrogen-bond acceptors (Lipinski definition) is 5. The van der Waals surface area contributed by atoms with E-state index in [9.17, 15) is 9.59 Å². The third kappa shape index (κ3) is 5.03. The molecule has 2 amide bonds. The standard InChI is InChI=1S/C23H26ClN5O3/c1-16-13-19(17(2)32-16)23(31)28-11-9-27(10-12-28)15-22(30)26-21-7-8-25-29(21)14-18-5-3-4-6-20(18)24/h3-8,13H,9-12,14-15H2,1-2H3,(H,26,30). The fraction of sp³-hybridized carbons (Fsp3) is 0.348. The Morgan fingerprint density at radius 1 is 1.12 bits per heavy atom. The van der Waals surface area contributed by atoms with Crippen molar-refractivity contribution in [3.8, 4) is 0 Å². The molecule has 1 aliphatic heterocycles. The number of halogens is 1. The van der Waals surface area contributed by atoms with Gasteiger partial charge in [-0.1, -0.05) is 29.8 Å². The number of anilines is 1. The Bertz CT molecular complexity index is 1110. The third-order valence-electron chi connectivity index (χ3n) is 5.56. The summed E-state index contributed by atoms with van der Waals surface area (Å²) in [6.45, 7) is 6.76. The van der Waals surface area contributed by atoms with Crippen LogP contribution in [0.5, 0.6) is 0 Å². The van der Waals surface area contributed by atoms with Crippen LogP contribution >= 0.6 is 11.6 Å². The Morgan fingerprint density at radius 3 is 2.56 bits per heavy atom. The number of nitrogens with one attached hydrogen (secondary N) is 1. The highest BCUT2D eigenvalue weighted by molar-refractivity contribution is 6.31. The van der Waals surface area contributed by atoms with Crippen LogP contribution in [0.4, 0.5) is 5.82 Å². The topological polar surface area (TPSA) is 83.6 Å². The van der Waals surface area contributed by atoms with Gasteiger partial charge >= 0.3 is 0 Å². The van der Waals surface area contributed by atoms with Gasteiger partial charge in [-0.15, -0.1) is 0 Å². The zero-order valence-corrected chi connectivity index (χ0v) is 18.9. The number of nitrogens with zero attached hydrogens (tertiary/aromatic N) is 4. The number of aromatic nitrogens is 2. The van der Waals surface area contributed by atoms with Crippen LogP contribution in [0.25, 0.3) is 0 Å².